The maximum absolute atomic E-state index is 12.4. The van der Waals surface area contributed by atoms with Crippen LogP contribution >= 0.6 is 0 Å². The van der Waals surface area contributed by atoms with Crippen molar-refractivity contribution in [2.75, 3.05) is 33.3 Å². The summed E-state index contributed by atoms with van der Waals surface area (Å²) in [6.45, 7) is 4.32. The van der Waals surface area contributed by atoms with Crippen LogP contribution in [0.15, 0.2) is 47.1 Å². The minimum atomic E-state index is 0.303. The van der Waals surface area contributed by atoms with Gasteiger partial charge < -0.3 is 14.1 Å². The van der Waals surface area contributed by atoms with Crippen LogP contribution < -0.4 is 4.74 Å². The molecule has 1 fully saturated rings. The quantitative estimate of drug-likeness (QED) is 0.631. The topological polar surface area (TPSA) is 45.9 Å². The van der Waals surface area contributed by atoms with Gasteiger partial charge in [0.2, 0.25) is 5.91 Å². The Bertz CT molecular complexity index is 674. The second-order valence-corrected chi connectivity index (χ2v) is 7.15. The molecule has 1 saturated heterocycles. The maximum Gasteiger partial charge on any atom is 0.222 e. The normalized spacial score (nSPS) is 15.1. The van der Waals surface area contributed by atoms with Gasteiger partial charge >= 0.3 is 0 Å². The van der Waals surface area contributed by atoms with Gasteiger partial charge in [-0.2, -0.15) is 0 Å². The van der Waals surface area contributed by atoms with E-state index >= 15 is 0 Å². The summed E-state index contributed by atoms with van der Waals surface area (Å²) in [5, 5.41) is 0. The molecular formula is C22H30N2O3. The van der Waals surface area contributed by atoms with Crippen LogP contribution in [0.25, 0.3) is 0 Å². The smallest absolute Gasteiger partial charge is 0.222 e. The first-order chi connectivity index (χ1) is 13.2. The van der Waals surface area contributed by atoms with Gasteiger partial charge in [0, 0.05) is 32.6 Å². The molecule has 0 spiro atoms. The second-order valence-electron chi connectivity index (χ2n) is 7.15. The van der Waals surface area contributed by atoms with Gasteiger partial charge in [0.1, 0.15) is 11.5 Å². The number of aryl methyl sites for hydroxylation is 1. The summed E-state index contributed by atoms with van der Waals surface area (Å²) in [6, 6.07) is 12.2. The predicted molar refractivity (Wildman–Crippen MR) is 106 cm³/mol. The van der Waals surface area contributed by atoms with Gasteiger partial charge in [0.15, 0.2) is 0 Å². The fourth-order valence-electron chi connectivity index (χ4n) is 3.51. The van der Waals surface area contributed by atoms with Crippen LogP contribution in [0.1, 0.15) is 37.0 Å². The fraction of sp³-hybridized carbons (Fsp3) is 0.500. The van der Waals surface area contributed by atoms with E-state index < -0.39 is 0 Å². The first-order valence-electron chi connectivity index (χ1n) is 9.90. The zero-order chi connectivity index (χ0) is 18.9. The van der Waals surface area contributed by atoms with Crippen molar-refractivity contribution in [2.45, 2.75) is 38.6 Å². The highest BCUT2D eigenvalue weighted by Crippen LogP contribution is 2.15. The van der Waals surface area contributed by atoms with Gasteiger partial charge in [0.05, 0.1) is 19.9 Å². The van der Waals surface area contributed by atoms with E-state index in [9.17, 15) is 4.79 Å². The van der Waals surface area contributed by atoms with Crippen molar-refractivity contribution in [3.63, 3.8) is 0 Å². The number of ether oxygens (including phenoxy) is 1. The number of carbonyl (C=O) groups excluding carboxylic acids is 1. The molecule has 2 aromatic rings. The SMILES string of the molecule is COc1ccc(CCCCCC(=O)N2CCN(Cc3ccco3)CC2)cc1. The Morgan fingerprint density at radius 2 is 1.81 bits per heavy atom. The summed E-state index contributed by atoms with van der Waals surface area (Å²) in [5.74, 6) is 2.19. The summed E-state index contributed by atoms with van der Waals surface area (Å²) in [4.78, 5) is 16.8. The zero-order valence-corrected chi connectivity index (χ0v) is 16.2. The number of methoxy groups -OCH3 is 1. The van der Waals surface area contributed by atoms with E-state index in [1.165, 1.54) is 5.56 Å². The lowest BCUT2D eigenvalue weighted by atomic mass is 10.1. The molecular weight excluding hydrogens is 340 g/mol. The summed E-state index contributed by atoms with van der Waals surface area (Å²) >= 11 is 0. The summed E-state index contributed by atoms with van der Waals surface area (Å²) in [5.41, 5.74) is 1.33. The molecule has 146 valence electrons. The molecule has 0 radical (unpaired) electrons. The van der Waals surface area contributed by atoms with Crippen LogP contribution in [0, 0.1) is 0 Å². The molecule has 2 heterocycles. The average molecular weight is 370 g/mol. The van der Waals surface area contributed by atoms with Crippen molar-refractivity contribution in [2.24, 2.45) is 0 Å². The van der Waals surface area contributed by atoms with Crippen molar-refractivity contribution in [1.29, 1.82) is 0 Å². The average Bonchev–Trinajstić information content (AvgIpc) is 3.21. The molecule has 3 rings (SSSR count). The van der Waals surface area contributed by atoms with Crippen LogP contribution in [0.4, 0.5) is 0 Å². The standard InChI is InChI=1S/C22H30N2O3/c1-26-20-11-9-19(10-12-20)6-3-2-4-8-22(25)24-15-13-23(14-16-24)18-21-7-5-17-27-21/h5,7,9-12,17H,2-4,6,8,13-16,18H2,1H3. The number of rotatable bonds is 9. The third-order valence-corrected chi connectivity index (χ3v) is 5.20. The lowest BCUT2D eigenvalue weighted by molar-refractivity contribution is -0.133. The van der Waals surface area contributed by atoms with E-state index in [2.05, 4.69) is 17.0 Å². The Labute approximate surface area is 161 Å². The van der Waals surface area contributed by atoms with E-state index in [-0.39, 0.29) is 0 Å². The van der Waals surface area contributed by atoms with Gasteiger partial charge in [-0.1, -0.05) is 18.6 Å². The number of furan rings is 1. The van der Waals surface area contributed by atoms with Crippen molar-refractivity contribution in [3.05, 3.63) is 54.0 Å². The predicted octanol–water partition coefficient (Wildman–Crippen LogP) is 3.74. The van der Waals surface area contributed by atoms with Gasteiger partial charge in [-0.15, -0.1) is 0 Å². The van der Waals surface area contributed by atoms with Crippen LogP contribution in [-0.4, -0.2) is 49.0 Å². The highest BCUT2D eigenvalue weighted by Gasteiger charge is 2.21. The molecule has 0 atom stereocenters. The number of unbranched alkanes of at least 4 members (excludes halogenated alkanes) is 2. The molecule has 0 saturated carbocycles. The molecule has 0 bridgehead atoms. The molecule has 1 aromatic carbocycles. The second kappa shape index (κ2) is 10.2. The number of hydrogen-bond acceptors (Lipinski definition) is 4. The third-order valence-electron chi connectivity index (χ3n) is 5.20. The molecule has 1 aromatic heterocycles. The number of amides is 1. The molecule has 0 N–H and O–H groups in total. The number of benzene rings is 1. The lowest BCUT2D eigenvalue weighted by Crippen LogP contribution is -2.48. The molecule has 1 aliphatic heterocycles. The van der Waals surface area contributed by atoms with E-state index in [0.717, 1.165) is 69.9 Å². The minimum Gasteiger partial charge on any atom is -0.497 e. The monoisotopic (exact) mass is 370 g/mol. The van der Waals surface area contributed by atoms with Gasteiger partial charge in [-0.05, 0) is 49.1 Å². The minimum absolute atomic E-state index is 0.303. The molecule has 1 aliphatic rings. The Morgan fingerprint density at radius 1 is 1.04 bits per heavy atom. The Kier molecular flexibility index (Phi) is 7.34. The maximum atomic E-state index is 12.4. The van der Waals surface area contributed by atoms with E-state index in [1.807, 2.05) is 29.2 Å². The Balaban J connectivity index is 1.27. The first kappa shape index (κ1) is 19.5. The molecule has 5 nitrogen and oxygen atoms in total. The Morgan fingerprint density at radius 3 is 2.48 bits per heavy atom. The first-order valence-corrected chi connectivity index (χ1v) is 9.90. The molecule has 27 heavy (non-hydrogen) atoms. The summed E-state index contributed by atoms with van der Waals surface area (Å²) in [6.07, 6.45) is 6.63. The zero-order valence-electron chi connectivity index (χ0n) is 16.2. The third kappa shape index (κ3) is 6.14. The number of hydrogen-bond donors (Lipinski definition) is 0. The van der Waals surface area contributed by atoms with Crippen LogP contribution in [-0.2, 0) is 17.8 Å². The van der Waals surface area contributed by atoms with Crippen molar-refractivity contribution in [1.82, 2.24) is 9.80 Å². The number of piperazine rings is 1. The molecule has 1 amide bonds. The van der Waals surface area contributed by atoms with E-state index in [4.69, 9.17) is 9.15 Å². The highest BCUT2D eigenvalue weighted by atomic mass is 16.5. The van der Waals surface area contributed by atoms with Gasteiger partial charge in [0.25, 0.3) is 0 Å². The number of nitrogens with zero attached hydrogens (tertiary/aromatic N) is 2. The highest BCUT2D eigenvalue weighted by molar-refractivity contribution is 5.76. The number of carbonyl (C=O) groups is 1. The van der Waals surface area contributed by atoms with Gasteiger partial charge in [-0.25, -0.2) is 0 Å². The van der Waals surface area contributed by atoms with Crippen LogP contribution in [0.5, 0.6) is 5.75 Å². The van der Waals surface area contributed by atoms with Crippen molar-refractivity contribution < 1.29 is 13.9 Å². The summed E-state index contributed by atoms with van der Waals surface area (Å²) < 4.78 is 10.6. The van der Waals surface area contributed by atoms with Gasteiger partial charge in [-0.3, -0.25) is 9.69 Å². The fourth-order valence-corrected chi connectivity index (χ4v) is 3.51. The Hall–Kier alpha value is -2.27. The molecule has 0 aliphatic carbocycles. The van der Waals surface area contributed by atoms with Crippen molar-refractivity contribution in [3.8, 4) is 5.75 Å². The van der Waals surface area contributed by atoms with E-state index in [1.54, 1.807) is 13.4 Å². The van der Waals surface area contributed by atoms with Crippen LogP contribution in [0.3, 0.4) is 0 Å². The van der Waals surface area contributed by atoms with Crippen molar-refractivity contribution >= 4 is 5.91 Å². The molecule has 5 heteroatoms. The molecule has 0 unspecified atom stereocenters. The van der Waals surface area contributed by atoms with E-state index in [0.29, 0.717) is 12.3 Å². The lowest BCUT2D eigenvalue weighted by Gasteiger charge is -2.34. The summed E-state index contributed by atoms with van der Waals surface area (Å²) in [7, 11) is 1.69. The van der Waals surface area contributed by atoms with Crippen LogP contribution in [0.2, 0.25) is 0 Å². The largest absolute Gasteiger partial charge is 0.497 e.